The third kappa shape index (κ3) is 3.20. The second kappa shape index (κ2) is 5.42. The Morgan fingerprint density at radius 1 is 1.24 bits per heavy atom. The van der Waals surface area contributed by atoms with E-state index in [9.17, 15) is 36.2 Å². The van der Waals surface area contributed by atoms with E-state index in [1.54, 1.807) is 0 Å². The molecular weight excluding hydrogens is 302 g/mol. The highest BCUT2D eigenvalue weighted by atomic mass is 19.4. The number of alkyl halides is 6. The standard InChI is InChI=1S/C13H10F6O2/c1-6(2)10(21)8-5-7(3-4-9(8)20)11(14)12(15,16)13(17,18)19/h3-5,11,20H,1H2,2H3. The molecule has 0 bridgehead atoms. The minimum absolute atomic E-state index is 0.0968. The molecule has 0 spiro atoms. The third-order valence-corrected chi connectivity index (χ3v) is 2.64. The maximum Gasteiger partial charge on any atom is 0.456 e. The lowest BCUT2D eigenvalue weighted by molar-refractivity contribution is -0.305. The number of carbonyl (C=O) groups is 1. The number of rotatable bonds is 4. The van der Waals surface area contributed by atoms with Gasteiger partial charge in [0.1, 0.15) is 5.75 Å². The first-order chi connectivity index (χ1) is 9.39. The number of carbonyl (C=O) groups excluding carboxylic acids is 1. The molecule has 1 aromatic carbocycles. The summed E-state index contributed by atoms with van der Waals surface area (Å²) in [5.74, 6) is -7.18. The molecule has 0 aromatic heterocycles. The van der Waals surface area contributed by atoms with Crippen molar-refractivity contribution in [1.29, 1.82) is 0 Å². The maximum atomic E-state index is 13.5. The molecule has 1 rings (SSSR count). The molecule has 1 aromatic rings. The first-order valence-corrected chi connectivity index (χ1v) is 5.51. The molecule has 0 amide bonds. The zero-order valence-corrected chi connectivity index (χ0v) is 10.6. The summed E-state index contributed by atoms with van der Waals surface area (Å²) < 4.78 is 75.7. The van der Waals surface area contributed by atoms with Crippen LogP contribution in [0.25, 0.3) is 0 Å². The normalized spacial score (nSPS) is 13.9. The van der Waals surface area contributed by atoms with Gasteiger partial charge in [-0.1, -0.05) is 12.6 Å². The van der Waals surface area contributed by atoms with Crippen molar-refractivity contribution < 1.29 is 36.2 Å². The van der Waals surface area contributed by atoms with Gasteiger partial charge in [-0.2, -0.15) is 22.0 Å². The van der Waals surface area contributed by atoms with Gasteiger partial charge in [0, 0.05) is 0 Å². The molecule has 1 atom stereocenters. The molecule has 8 heteroatoms. The number of hydrogen-bond acceptors (Lipinski definition) is 2. The van der Waals surface area contributed by atoms with Crippen LogP contribution in [0.3, 0.4) is 0 Å². The number of phenols is 1. The van der Waals surface area contributed by atoms with Crippen LogP contribution < -0.4 is 0 Å². The predicted octanol–water partition coefficient (Wildman–Crippen LogP) is 4.36. The van der Waals surface area contributed by atoms with E-state index in [4.69, 9.17) is 0 Å². The molecule has 0 saturated carbocycles. The minimum atomic E-state index is -6.08. The van der Waals surface area contributed by atoms with Crippen LogP contribution >= 0.6 is 0 Å². The summed E-state index contributed by atoms with van der Waals surface area (Å²) in [5, 5.41) is 9.40. The molecular formula is C13H10F6O2. The fraction of sp³-hybridized carbons (Fsp3) is 0.308. The van der Waals surface area contributed by atoms with Gasteiger partial charge in [0.05, 0.1) is 5.56 Å². The Hall–Kier alpha value is -1.99. The molecule has 0 heterocycles. The summed E-state index contributed by atoms with van der Waals surface area (Å²) in [4.78, 5) is 11.6. The largest absolute Gasteiger partial charge is 0.507 e. The quantitative estimate of drug-likeness (QED) is 0.509. The second-order valence-electron chi connectivity index (χ2n) is 4.37. The van der Waals surface area contributed by atoms with Gasteiger partial charge < -0.3 is 5.11 Å². The van der Waals surface area contributed by atoms with Crippen LogP contribution in [0, 0.1) is 0 Å². The van der Waals surface area contributed by atoms with Gasteiger partial charge in [0.25, 0.3) is 0 Å². The van der Waals surface area contributed by atoms with Crippen LogP contribution in [0.4, 0.5) is 26.3 Å². The number of halogens is 6. The Morgan fingerprint density at radius 2 is 1.76 bits per heavy atom. The lowest BCUT2D eigenvalue weighted by atomic mass is 9.97. The summed E-state index contributed by atoms with van der Waals surface area (Å²) >= 11 is 0. The van der Waals surface area contributed by atoms with Crippen LogP contribution in [-0.4, -0.2) is 23.0 Å². The lowest BCUT2D eigenvalue weighted by Crippen LogP contribution is -2.40. The van der Waals surface area contributed by atoms with Gasteiger partial charge in [0.2, 0.25) is 0 Å². The molecule has 116 valence electrons. The van der Waals surface area contributed by atoms with Crippen LogP contribution in [0.1, 0.15) is 29.0 Å². The Morgan fingerprint density at radius 3 is 2.19 bits per heavy atom. The number of aromatic hydroxyl groups is 1. The molecule has 1 N–H and O–H groups in total. The van der Waals surface area contributed by atoms with Crippen molar-refractivity contribution in [1.82, 2.24) is 0 Å². The van der Waals surface area contributed by atoms with Gasteiger partial charge in [-0.15, -0.1) is 0 Å². The van der Waals surface area contributed by atoms with Gasteiger partial charge in [-0.05, 0) is 30.2 Å². The van der Waals surface area contributed by atoms with Crippen molar-refractivity contribution in [2.45, 2.75) is 25.2 Å². The molecule has 0 saturated heterocycles. The Balaban J connectivity index is 3.31. The third-order valence-electron chi connectivity index (χ3n) is 2.64. The second-order valence-corrected chi connectivity index (χ2v) is 4.37. The van der Waals surface area contributed by atoms with E-state index in [1.807, 2.05) is 0 Å². The molecule has 0 radical (unpaired) electrons. The van der Waals surface area contributed by atoms with E-state index >= 15 is 0 Å². The number of Topliss-reactive ketones (excluding diaryl/α,β-unsaturated/α-hetero) is 1. The van der Waals surface area contributed by atoms with Crippen molar-refractivity contribution in [3.05, 3.63) is 41.5 Å². The van der Waals surface area contributed by atoms with Gasteiger partial charge in [-0.3, -0.25) is 4.79 Å². The van der Waals surface area contributed by atoms with Crippen LogP contribution in [0.15, 0.2) is 30.4 Å². The molecule has 2 nitrogen and oxygen atoms in total. The molecule has 0 aliphatic heterocycles. The number of ketones is 1. The Kier molecular flexibility index (Phi) is 4.40. The average molecular weight is 312 g/mol. The smallest absolute Gasteiger partial charge is 0.456 e. The highest BCUT2D eigenvalue weighted by Gasteiger charge is 2.63. The Labute approximate surface area is 115 Å². The number of benzene rings is 1. The lowest BCUT2D eigenvalue weighted by Gasteiger charge is -2.23. The summed E-state index contributed by atoms with van der Waals surface area (Å²) in [6.07, 6.45) is -9.78. The highest BCUT2D eigenvalue weighted by molar-refractivity contribution is 6.09. The van der Waals surface area contributed by atoms with Crippen LogP contribution in [0.5, 0.6) is 5.75 Å². The molecule has 0 aliphatic rings. The minimum Gasteiger partial charge on any atom is -0.507 e. The Bertz CT molecular complexity index is 577. The van der Waals surface area contributed by atoms with Crippen LogP contribution in [0.2, 0.25) is 0 Å². The van der Waals surface area contributed by atoms with Crippen molar-refractivity contribution in [3.8, 4) is 5.75 Å². The summed E-state index contributed by atoms with van der Waals surface area (Å²) in [6, 6.07) is 1.68. The fourth-order valence-electron chi connectivity index (χ4n) is 1.48. The van der Waals surface area contributed by atoms with Gasteiger partial charge >= 0.3 is 12.1 Å². The van der Waals surface area contributed by atoms with Crippen molar-refractivity contribution in [3.63, 3.8) is 0 Å². The van der Waals surface area contributed by atoms with E-state index in [1.165, 1.54) is 6.92 Å². The van der Waals surface area contributed by atoms with Gasteiger partial charge in [-0.25, -0.2) is 4.39 Å². The molecule has 1 unspecified atom stereocenters. The first kappa shape index (κ1) is 17.1. The number of allylic oxidation sites excluding steroid dienone is 1. The maximum absolute atomic E-state index is 13.5. The monoisotopic (exact) mass is 312 g/mol. The van der Waals surface area contributed by atoms with Crippen LogP contribution in [-0.2, 0) is 0 Å². The summed E-state index contributed by atoms with van der Waals surface area (Å²) in [5.41, 5.74) is -1.76. The zero-order valence-electron chi connectivity index (χ0n) is 10.6. The zero-order chi connectivity index (χ0) is 16.6. The molecule has 0 aliphatic carbocycles. The van der Waals surface area contributed by atoms with E-state index < -0.39 is 40.9 Å². The first-order valence-electron chi connectivity index (χ1n) is 5.51. The SMILES string of the molecule is C=C(C)C(=O)c1cc(C(F)C(F)(F)C(F)(F)F)ccc1O. The fourth-order valence-corrected chi connectivity index (χ4v) is 1.48. The topological polar surface area (TPSA) is 37.3 Å². The summed E-state index contributed by atoms with van der Waals surface area (Å²) in [7, 11) is 0. The number of phenolic OH excluding ortho intramolecular Hbond substituents is 1. The van der Waals surface area contributed by atoms with E-state index in [0.29, 0.717) is 18.2 Å². The molecule has 21 heavy (non-hydrogen) atoms. The van der Waals surface area contributed by atoms with Crippen molar-refractivity contribution >= 4 is 5.78 Å². The van der Waals surface area contributed by atoms with Crippen molar-refractivity contribution in [2.24, 2.45) is 0 Å². The highest BCUT2D eigenvalue weighted by Crippen LogP contribution is 2.47. The van der Waals surface area contributed by atoms with E-state index in [0.717, 1.165) is 0 Å². The van der Waals surface area contributed by atoms with Crippen molar-refractivity contribution in [2.75, 3.05) is 0 Å². The number of hydrogen-bond donors (Lipinski definition) is 1. The molecule has 0 fully saturated rings. The van der Waals surface area contributed by atoms with E-state index in [-0.39, 0.29) is 5.57 Å². The van der Waals surface area contributed by atoms with E-state index in [2.05, 4.69) is 6.58 Å². The predicted molar refractivity (Wildman–Crippen MR) is 62.1 cm³/mol. The summed E-state index contributed by atoms with van der Waals surface area (Å²) in [6.45, 7) is 4.49. The average Bonchev–Trinajstić information content (AvgIpc) is 2.36. The van der Waals surface area contributed by atoms with Gasteiger partial charge in [0.15, 0.2) is 12.0 Å².